The van der Waals surface area contributed by atoms with E-state index >= 15 is 0 Å². The molecule has 1 rings (SSSR count). The van der Waals surface area contributed by atoms with Gasteiger partial charge >= 0.3 is 5.97 Å². The van der Waals surface area contributed by atoms with Crippen molar-refractivity contribution in [2.75, 3.05) is 11.9 Å². The molecule has 0 bridgehead atoms. The van der Waals surface area contributed by atoms with Crippen LogP contribution in [0.25, 0.3) is 0 Å². The summed E-state index contributed by atoms with van der Waals surface area (Å²) in [5, 5.41) is 11.4. The fourth-order valence-electron chi connectivity index (χ4n) is 1.27. The molecule has 1 aromatic carbocycles. The van der Waals surface area contributed by atoms with E-state index in [0.717, 1.165) is 6.07 Å². The number of rotatable bonds is 5. The second kappa shape index (κ2) is 5.29. The Bertz CT molecular complexity index is 448. The number of nitrogens with two attached hydrogens (primary N) is 1. The van der Waals surface area contributed by atoms with Gasteiger partial charge in [0.1, 0.15) is 5.82 Å². The Labute approximate surface area is 97.4 Å². The number of hydrogen-bond acceptors (Lipinski definition) is 3. The topological polar surface area (TPSA) is 92.4 Å². The Morgan fingerprint density at radius 2 is 2.18 bits per heavy atom. The molecule has 1 amide bonds. The lowest BCUT2D eigenvalue weighted by molar-refractivity contribution is -0.140. The first-order valence-electron chi connectivity index (χ1n) is 4.98. The van der Waals surface area contributed by atoms with Crippen LogP contribution in [0.2, 0.25) is 0 Å². The van der Waals surface area contributed by atoms with Crippen molar-refractivity contribution in [3.63, 3.8) is 0 Å². The van der Waals surface area contributed by atoms with Gasteiger partial charge in [-0.05, 0) is 12.1 Å². The standard InChI is InChI=1S/C11H13FN2O3/c1-6(11(16)17)5-14-8-4-2-3-7(12)9(8)10(13)15/h2-4,6,14H,5H2,1H3,(H2,13,15)(H,16,17). The molecule has 1 unspecified atom stereocenters. The quantitative estimate of drug-likeness (QED) is 0.717. The fourth-order valence-corrected chi connectivity index (χ4v) is 1.27. The second-order valence-corrected chi connectivity index (χ2v) is 3.65. The number of hydrogen-bond donors (Lipinski definition) is 3. The number of halogens is 1. The van der Waals surface area contributed by atoms with Crippen LogP contribution in [-0.4, -0.2) is 23.5 Å². The van der Waals surface area contributed by atoms with E-state index in [4.69, 9.17) is 10.8 Å². The molecular weight excluding hydrogens is 227 g/mol. The first kappa shape index (κ1) is 13.0. The van der Waals surface area contributed by atoms with Crippen molar-refractivity contribution < 1.29 is 19.1 Å². The maximum absolute atomic E-state index is 13.3. The predicted octanol–water partition coefficient (Wildman–Crippen LogP) is 1.06. The molecule has 0 aliphatic rings. The highest BCUT2D eigenvalue weighted by Gasteiger charge is 2.16. The van der Waals surface area contributed by atoms with E-state index in [2.05, 4.69) is 5.32 Å². The molecule has 1 aromatic rings. The van der Waals surface area contributed by atoms with Crippen LogP contribution < -0.4 is 11.1 Å². The second-order valence-electron chi connectivity index (χ2n) is 3.65. The monoisotopic (exact) mass is 240 g/mol. The zero-order valence-corrected chi connectivity index (χ0v) is 9.24. The third-order valence-corrected chi connectivity index (χ3v) is 2.28. The zero-order chi connectivity index (χ0) is 13.0. The van der Waals surface area contributed by atoms with Crippen LogP contribution in [0.4, 0.5) is 10.1 Å². The van der Waals surface area contributed by atoms with Gasteiger partial charge in [0.05, 0.1) is 11.5 Å². The largest absolute Gasteiger partial charge is 0.481 e. The summed E-state index contributed by atoms with van der Waals surface area (Å²) in [5.41, 5.74) is 4.99. The van der Waals surface area contributed by atoms with E-state index in [9.17, 15) is 14.0 Å². The number of amides is 1. The summed E-state index contributed by atoms with van der Waals surface area (Å²) in [6.07, 6.45) is 0. The highest BCUT2D eigenvalue weighted by atomic mass is 19.1. The Morgan fingerprint density at radius 3 is 2.71 bits per heavy atom. The van der Waals surface area contributed by atoms with Gasteiger partial charge in [0, 0.05) is 12.2 Å². The smallest absolute Gasteiger partial charge is 0.308 e. The predicted molar refractivity (Wildman–Crippen MR) is 60.2 cm³/mol. The third kappa shape index (κ3) is 3.17. The van der Waals surface area contributed by atoms with Crippen LogP contribution >= 0.6 is 0 Å². The van der Waals surface area contributed by atoms with Crippen molar-refractivity contribution in [2.24, 2.45) is 11.7 Å². The van der Waals surface area contributed by atoms with Crippen LogP contribution in [0.15, 0.2) is 18.2 Å². The number of anilines is 1. The van der Waals surface area contributed by atoms with E-state index in [-0.39, 0.29) is 17.8 Å². The molecule has 0 spiro atoms. The minimum atomic E-state index is -0.977. The van der Waals surface area contributed by atoms with Crippen molar-refractivity contribution >= 4 is 17.6 Å². The van der Waals surface area contributed by atoms with Crippen molar-refractivity contribution in [3.8, 4) is 0 Å². The van der Waals surface area contributed by atoms with Gasteiger partial charge in [0.2, 0.25) is 0 Å². The number of aliphatic carboxylic acids is 1. The third-order valence-electron chi connectivity index (χ3n) is 2.28. The van der Waals surface area contributed by atoms with E-state index < -0.39 is 23.6 Å². The van der Waals surface area contributed by atoms with Crippen LogP contribution in [-0.2, 0) is 4.79 Å². The summed E-state index contributed by atoms with van der Waals surface area (Å²) in [6.45, 7) is 1.58. The van der Waals surface area contributed by atoms with E-state index in [1.807, 2.05) is 0 Å². The molecule has 0 saturated carbocycles. The first-order valence-corrected chi connectivity index (χ1v) is 4.98. The van der Waals surface area contributed by atoms with Crippen LogP contribution in [0, 0.1) is 11.7 Å². The van der Waals surface area contributed by atoms with Gasteiger partial charge in [0.15, 0.2) is 0 Å². The van der Waals surface area contributed by atoms with E-state index in [1.165, 1.54) is 19.1 Å². The number of primary amides is 1. The molecule has 5 nitrogen and oxygen atoms in total. The lowest BCUT2D eigenvalue weighted by Crippen LogP contribution is -2.22. The van der Waals surface area contributed by atoms with Crippen molar-refractivity contribution in [3.05, 3.63) is 29.6 Å². The lowest BCUT2D eigenvalue weighted by atomic mass is 10.1. The van der Waals surface area contributed by atoms with Crippen LogP contribution in [0.5, 0.6) is 0 Å². The molecule has 0 radical (unpaired) electrons. The molecule has 92 valence electrons. The summed E-state index contributed by atoms with van der Waals surface area (Å²) in [4.78, 5) is 21.6. The van der Waals surface area contributed by atoms with Crippen LogP contribution in [0.1, 0.15) is 17.3 Å². The van der Waals surface area contributed by atoms with Gasteiger partial charge in [-0.15, -0.1) is 0 Å². The number of carbonyl (C=O) groups is 2. The Kier molecular flexibility index (Phi) is 4.03. The molecular formula is C11H13FN2O3. The molecule has 1 atom stereocenters. The van der Waals surface area contributed by atoms with E-state index in [1.54, 1.807) is 0 Å². The van der Waals surface area contributed by atoms with Crippen LogP contribution in [0.3, 0.4) is 0 Å². The van der Waals surface area contributed by atoms with Gasteiger partial charge in [-0.2, -0.15) is 0 Å². The zero-order valence-electron chi connectivity index (χ0n) is 9.24. The van der Waals surface area contributed by atoms with Crippen molar-refractivity contribution in [2.45, 2.75) is 6.92 Å². The summed E-state index contributed by atoms with van der Waals surface area (Å²) in [5.74, 6) is -3.26. The molecule has 0 saturated heterocycles. The number of nitrogens with one attached hydrogen (secondary N) is 1. The summed E-state index contributed by atoms with van der Waals surface area (Å²) in [6, 6.07) is 4.00. The minimum absolute atomic E-state index is 0.0824. The van der Waals surface area contributed by atoms with E-state index in [0.29, 0.717) is 0 Å². The molecule has 0 heterocycles. The molecule has 4 N–H and O–H groups in total. The average Bonchev–Trinajstić information content (AvgIpc) is 2.24. The number of benzene rings is 1. The lowest BCUT2D eigenvalue weighted by Gasteiger charge is -2.12. The van der Waals surface area contributed by atoms with Gasteiger partial charge in [-0.25, -0.2) is 4.39 Å². The Morgan fingerprint density at radius 1 is 1.53 bits per heavy atom. The summed E-state index contributed by atoms with van der Waals surface area (Å²) < 4.78 is 13.3. The molecule has 6 heteroatoms. The molecule has 17 heavy (non-hydrogen) atoms. The Balaban J connectivity index is 2.88. The molecule has 0 aliphatic carbocycles. The average molecular weight is 240 g/mol. The summed E-state index contributed by atoms with van der Waals surface area (Å²) >= 11 is 0. The van der Waals surface area contributed by atoms with Gasteiger partial charge in [-0.1, -0.05) is 13.0 Å². The van der Waals surface area contributed by atoms with Gasteiger partial charge in [0.25, 0.3) is 5.91 Å². The van der Waals surface area contributed by atoms with Crippen molar-refractivity contribution in [1.82, 2.24) is 0 Å². The molecule has 0 fully saturated rings. The Hall–Kier alpha value is -2.11. The minimum Gasteiger partial charge on any atom is -0.481 e. The SMILES string of the molecule is CC(CNc1cccc(F)c1C(N)=O)C(=O)O. The van der Waals surface area contributed by atoms with Gasteiger partial charge in [-0.3, -0.25) is 9.59 Å². The number of carbonyl (C=O) groups excluding carboxylic acids is 1. The highest BCUT2D eigenvalue weighted by Crippen LogP contribution is 2.18. The fraction of sp³-hybridized carbons (Fsp3) is 0.273. The number of carboxylic acid groups (broad SMARTS) is 1. The molecule has 0 aliphatic heterocycles. The maximum atomic E-state index is 13.3. The maximum Gasteiger partial charge on any atom is 0.308 e. The number of carboxylic acids is 1. The normalized spacial score (nSPS) is 11.9. The highest BCUT2D eigenvalue weighted by molar-refractivity contribution is 5.98. The molecule has 0 aromatic heterocycles. The van der Waals surface area contributed by atoms with Gasteiger partial charge < -0.3 is 16.2 Å². The summed E-state index contributed by atoms with van der Waals surface area (Å²) in [7, 11) is 0. The first-order chi connectivity index (χ1) is 7.93. The van der Waals surface area contributed by atoms with Crippen molar-refractivity contribution in [1.29, 1.82) is 0 Å².